The van der Waals surface area contributed by atoms with E-state index < -0.39 is 0 Å². The molecular weight excluding hydrogens is 320 g/mol. The van der Waals surface area contributed by atoms with Crippen LogP contribution in [0, 0.1) is 19.8 Å². The molecule has 1 N–H and O–H groups in total. The smallest absolute Gasteiger partial charge is 0.251 e. The maximum atomic E-state index is 12.6. The molecule has 0 radical (unpaired) electrons. The maximum absolute atomic E-state index is 12.6. The van der Waals surface area contributed by atoms with Crippen LogP contribution in [-0.4, -0.2) is 23.9 Å². The molecule has 1 heterocycles. The Morgan fingerprint density at radius 3 is 2.65 bits per heavy atom. The van der Waals surface area contributed by atoms with Crippen LogP contribution in [0.25, 0.3) is 0 Å². The lowest BCUT2D eigenvalue weighted by molar-refractivity contribution is 0.0950. The van der Waals surface area contributed by atoms with E-state index in [1.807, 2.05) is 26.0 Å². The number of carbonyl (C=O) groups is 1. The highest BCUT2D eigenvalue weighted by atomic mass is 16.1. The van der Waals surface area contributed by atoms with Crippen molar-refractivity contribution in [2.24, 2.45) is 5.92 Å². The van der Waals surface area contributed by atoms with Gasteiger partial charge in [0.1, 0.15) is 0 Å². The molecule has 1 fully saturated rings. The number of nitrogens with one attached hydrogen (secondary N) is 1. The van der Waals surface area contributed by atoms with Gasteiger partial charge in [-0.25, -0.2) is 0 Å². The van der Waals surface area contributed by atoms with Crippen LogP contribution in [0.2, 0.25) is 0 Å². The molecule has 0 aliphatic carbocycles. The molecule has 1 aliphatic rings. The first-order valence-electron chi connectivity index (χ1n) is 9.67. The summed E-state index contributed by atoms with van der Waals surface area (Å²) in [6.07, 6.45) is 2.62. The summed E-state index contributed by atoms with van der Waals surface area (Å²) in [6, 6.07) is 14.4. The molecule has 0 saturated carbocycles. The molecule has 3 heteroatoms. The molecule has 2 aromatic rings. The van der Waals surface area contributed by atoms with Gasteiger partial charge in [0.15, 0.2) is 0 Å². The van der Waals surface area contributed by atoms with Crippen molar-refractivity contribution < 1.29 is 4.79 Å². The molecular formula is C23H30N2O. The molecule has 0 spiro atoms. The van der Waals surface area contributed by atoms with Gasteiger partial charge in [0.05, 0.1) is 0 Å². The second-order valence-corrected chi connectivity index (χ2v) is 7.75. The van der Waals surface area contributed by atoms with Crippen molar-refractivity contribution >= 4 is 5.91 Å². The predicted molar refractivity (Wildman–Crippen MR) is 107 cm³/mol. The fourth-order valence-corrected chi connectivity index (χ4v) is 3.89. The SMILES string of the molecule is Cc1ccc(C(=O)NCc2ccccc2CN2CCCC(C)C2)c(C)c1. The van der Waals surface area contributed by atoms with E-state index in [9.17, 15) is 4.79 Å². The molecule has 26 heavy (non-hydrogen) atoms. The molecule has 0 aromatic heterocycles. The van der Waals surface area contributed by atoms with Crippen LogP contribution < -0.4 is 5.32 Å². The first-order chi connectivity index (χ1) is 12.5. The van der Waals surface area contributed by atoms with E-state index in [4.69, 9.17) is 0 Å². The highest BCUT2D eigenvalue weighted by Crippen LogP contribution is 2.19. The van der Waals surface area contributed by atoms with Gasteiger partial charge >= 0.3 is 0 Å². The second kappa shape index (κ2) is 8.50. The first-order valence-corrected chi connectivity index (χ1v) is 9.67. The van der Waals surface area contributed by atoms with Crippen LogP contribution in [0.15, 0.2) is 42.5 Å². The Morgan fingerprint density at radius 2 is 1.92 bits per heavy atom. The number of amides is 1. The lowest BCUT2D eigenvalue weighted by atomic mass is 9.99. The number of hydrogen-bond donors (Lipinski definition) is 1. The predicted octanol–water partition coefficient (Wildman–Crippen LogP) is 4.47. The largest absolute Gasteiger partial charge is 0.348 e. The summed E-state index contributed by atoms with van der Waals surface area (Å²) in [6.45, 7) is 10.3. The first kappa shape index (κ1) is 18.7. The number of carbonyl (C=O) groups excluding carboxylic acids is 1. The minimum absolute atomic E-state index is 0.00361. The van der Waals surface area contributed by atoms with Gasteiger partial charge < -0.3 is 5.32 Å². The fraction of sp³-hybridized carbons (Fsp3) is 0.435. The average molecular weight is 351 g/mol. The van der Waals surface area contributed by atoms with Crippen LogP contribution in [0.3, 0.4) is 0 Å². The highest BCUT2D eigenvalue weighted by Gasteiger charge is 2.17. The summed E-state index contributed by atoms with van der Waals surface area (Å²) in [4.78, 5) is 15.1. The molecule has 1 saturated heterocycles. The summed E-state index contributed by atoms with van der Waals surface area (Å²) < 4.78 is 0. The molecule has 0 bridgehead atoms. The summed E-state index contributed by atoms with van der Waals surface area (Å²) >= 11 is 0. The van der Waals surface area contributed by atoms with Crippen LogP contribution in [0.4, 0.5) is 0 Å². The molecule has 1 unspecified atom stereocenters. The van der Waals surface area contributed by atoms with Gasteiger partial charge in [-0.15, -0.1) is 0 Å². The Balaban J connectivity index is 1.65. The van der Waals surface area contributed by atoms with Gasteiger partial charge in [-0.3, -0.25) is 9.69 Å². The third-order valence-corrected chi connectivity index (χ3v) is 5.32. The molecule has 1 amide bonds. The van der Waals surface area contributed by atoms with E-state index in [1.54, 1.807) is 0 Å². The fourth-order valence-electron chi connectivity index (χ4n) is 3.89. The number of hydrogen-bond acceptors (Lipinski definition) is 2. The third kappa shape index (κ3) is 4.73. The monoisotopic (exact) mass is 350 g/mol. The van der Waals surface area contributed by atoms with Crippen molar-refractivity contribution in [1.82, 2.24) is 10.2 Å². The second-order valence-electron chi connectivity index (χ2n) is 7.75. The molecule has 2 aromatic carbocycles. The minimum Gasteiger partial charge on any atom is -0.348 e. The van der Waals surface area contributed by atoms with Gasteiger partial charge in [0.2, 0.25) is 0 Å². The number of aryl methyl sites for hydroxylation is 2. The molecule has 1 aliphatic heterocycles. The lowest BCUT2D eigenvalue weighted by Gasteiger charge is -2.31. The number of nitrogens with zero attached hydrogens (tertiary/aromatic N) is 1. The van der Waals surface area contributed by atoms with Gasteiger partial charge in [0.25, 0.3) is 5.91 Å². The Bertz CT molecular complexity index is 769. The van der Waals surface area contributed by atoms with Crippen LogP contribution >= 0.6 is 0 Å². The van der Waals surface area contributed by atoms with Gasteiger partial charge in [-0.2, -0.15) is 0 Å². The maximum Gasteiger partial charge on any atom is 0.251 e. The topological polar surface area (TPSA) is 32.3 Å². The molecule has 138 valence electrons. The zero-order valence-electron chi connectivity index (χ0n) is 16.2. The van der Waals surface area contributed by atoms with Crippen molar-refractivity contribution in [3.63, 3.8) is 0 Å². The highest BCUT2D eigenvalue weighted by molar-refractivity contribution is 5.95. The van der Waals surface area contributed by atoms with Gasteiger partial charge in [0, 0.05) is 25.2 Å². The van der Waals surface area contributed by atoms with Gasteiger partial charge in [-0.05, 0) is 61.9 Å². The van der Waals surface area contributed by atoms with E-state index in [-0.39, 0.29) is 5.91 Å². The van der Waals surface area contributed by atoms with Crippen molar-refractivity contribution in [1.29, 1.82) is 0 Å². The van der Waals surface area contributed by atoms with Crippen molar-refractivity contribution in [2.75, 3.05) is 13.1 Å². The standard InChI is InChI=1S/C23H30N2O/c1-17-10-11-22(19(3)13-17)23(26)24-14-20-8-4-5-9-21(20)16-25-12-6-7-18(2)15-25/h4-5,8-11,13,18H,6-7,12,14-16H2,1-3H3,(H,24,26). The number of piperidine rings is 1. The summed E-state index contributed by atoms with van der Waals surface area (Å²) in [5.41, 5.74) is 5.50. The van der Waals surface area contributed by atoms with Crippen molar-refractivity contribution in [3.05, 3.63) is 70.3 Å². The lowest BCUT2D eigenvalue weighted by Crippen LogP contribution is -2.34. The van der Waals surface area contributed by atoms with E-state index >= 15 is 0 Å². The molecule has 1 atom stereocenters. The normalized spacial score (nSPS) is 17.9. The average Bonchev–Trinajstić information content (AvgIpc) is 2.61. The number of benzene rings is 2. The third-order valence-electron chi connectivity index (χ3n) is 5.32. The van der Waals surface area contributed by atoms with Crippen LogP contribution in [0.1, 0.15) is 52.4 Å². The Hall–Kier alpha value is -2.13. The molecule has 3 nitrogen and oxygen atoms in total. The van der Waals surface area contributed by atoms with Crippen molar-refractivity contribution in [3.8, 4) is 0 Å². The van der Waals surface area contributed by atoms with Crippen molar-refractivity contribution in [2.45, 2.75) is 46.7 Å². The van der Waals surface area contributed by atoms with E-state index in [1.165, 1.54) is 42.6 Å². The van der Waals surface area contributed by atoms with Crippen LogP contribution in [-0.2, 0) is 13.1 Å². The quantitative estimate of drug-likeness (QED) is 0.863. The summed E-state index contributed by atoms with van der Waals surface area (Å²) in [5, 5.41) is 3.10. The number of likely N-dealkylation sites (tertiary alicyclic amines) is 1. The summed E-state index contributed by atoms with van der Waals surface area (Å²) in [5.74, 6) is 0.782. The number of rotatable bonds is 5. The Kier molecular flexibility index (Phi) is 6.10. The van der Waals surface area contributed by atoms with Crippen LogP contribution in [0.5, 0.6) is 0 Å². The van der Waals surface area contributed by atoms with E-state index in [0.717, 1.165) is 23.6 Å². The van der Waals surface area contributed by atoms with E-state index in [0.29, 0.717) is 6.54 Å². The Labute approximate surface area is 157 Å². The van der Waals surface area contributed by atoms with Gasteiger partial charge in [-0.1, -0.05) is 48.9 Å². The zero-order chi connectivity index (χ0) is 18.5. The Morgan fingerprint density at radius 1 is 1.15 bits per heavy atom. The van der Waals surface area contributed by atoms with E-state index in [2.05, 4.69) is 47.5 Å². The zero-order valence-corrected chi connectivity index (χ0v) is 16.2. The summed E-state index contributed by atoms with van der Waals surface area (Å²) in [7, 11) is 0. The molecule has 3 rings (SSSR count). The minimum atomic E-state index is 0.00361.